The van der Waals surface area contributed by atoms with E-state index in [4.69, 9.17) is 4.74 Å². The van der Waals surface area contributed by atoms with Crippen molar-refractivity contribution in [3.05, 3.63) is 84.2 Å². The van der Waals surface area contributed by atoms with E-state index >= 15 is 0 Å². The lowest BCUT2D eigenvalue weighted by atomic mass is 10.1. The monoisotopic (exact) mass is 414 g/mol. The van der Waals surface area contributed by atoms with E-state index in [0.29, 0.717) is 5.75 Å². The molecule has 0 atom stereocenters. The van der Waals surface area contributed by atoms with Crippen molar-refractivity contribution in [3.63, 3.8) is 0 Å². The van der Waals surface area contributed by atoms with Crippen LogP contribution in [0.15, 0.2) is 77.7 Å². The number of hydrogen-bond acceptors (Lipinski definition) is 5. The van der Waals surface area contributed by atoms with Crippen molar-refractivity contribution in [1.29, 1.82) is 0 Å². The van der Waals surface area contributed by atoms with E-state index in [1.54, 1.807) is 12.1 Å². The van der Waals surface area contributed by atoms with Crippen LogP contribution >= 0.6 is 0 Å². The molecule has 0 aliphatic carbocycles. The average Bonchev–Trinajstić information content (AvgIpc) is 2.72. The number of halogens is 1. The van der Waals surface area contributed by atoms with Gasteiger partial charge in [0.05, 0.1) is 5.97 Å². The van der Waals surface area contributed by atoms with Crippen LogP contribution in [0.2, 0.25) is 0 Å². The van der Waals surface area contributed by atoms with Gasteiger partial charge in [-0.2, -0.15) is 0 Å². The highest BCUT2D eigenvalue weighted by molar-refractivity contribution is 7.89. The van der Waals surface area contributed by atoms with Gasteiger partial charge in [-0.05, 0) is 29.3 Å². The summed E-state index contributed by atoms with van der Waals surface area (Å²) >= 11 is 0. The highest BCUT2D eigenvalue weighted by atomic mass is 32.2. The fourth-order valence-corrected chi connectivity index (χ4v) is 3.81. The molecule has 29 heavy (non-hydrogen) atoms. The molecule has 0 amide bonds. The Morgan fingerprint density at radius 1 is 1.00 bits per heavy atom. The minimum Gasteiger partial charge on any atom is -0.545 e. The topological polar surface area (TPSA) is 95.5 Å². The maximum Gasteiger partial charge on any atom is 0.243 e. The lowest BCUT2D eigenvalue weighted by Crippen LogP contribution is -2.30. The molecular formula is C21H17FNO5S-. The number of benzene rings is 3. The van der Waals surface area contributed by atoms with Gasteiger partial charge in [0, 0.05) is 12.1 Å². The Hall–Kier alpha value is -3.23. The Balaban J connectivity index is 1.67. The highest BCUT2D eigenvalue weighted by Gasteiger charge is 2.19. The minimum absolute atomic E-state index is 0.00905. The number of rotatable bonds is 8. The van der Waals surface area contributed by atoms with Crippen LogP contribution in [0.3, 0.4) is 0 Å². The molecule has 3 aromatic rings. The molecule has 0 saturated heterocycles. The number of aromatic carboxylic acids is 1. The minimum atomic E-state index is -4.26. The van der Waals surface area contributed by atoms with Crippen molar-refractivity contribution < 1.29 is 27.4 Å². The van der Waals surface area contributed by atoms with E-state index in [0.717, 1.165) is 29.3 Å². The molecule has 0 aromatic heterocycles. The summed E-state index contributed by atoms with van der Waals surface area (Å²) in [4.78, 5) is 10.1. The van der Waals surface area contributed by atoms with Crippen LogP contribution in [-0.4, -0.2) is 27.5 Å². The van der Waals surface area contributed by atoms with Gasteiger partial charge in [-0.3, -0.25) is 0 Å². The summed E-state index contributed by atoms with van der Waals surface area (Å²) in [5.41, 5.74) is 1.37. The number of nitrogens with one attached hydrogen (secondary N) is 1. The predicted octanol–water partition coefficient (Wildman–Crippen LogP) is 2.21. The molecule has 0 saturated carbocycles. The molecule has 0 radical (unpaired) electrons. The standard InChI is InChI=1S/C21H18FNO5S/c22-18-11-10-16(21(24)25)14-20(18)29(26,27)23-12-13-28-19-9-5-4-8-17(19)15-6-2-1-3-7-15/h1-11,14,23H,12-13H2,(H,24,25)/p-1. The van der Waals surface area contributed by atoms with Gasteiger partial charge in [0.2, 0.25) is 10.0 Å². The number of carboxylic acid groups (broad SMARTS) is 1. The van der Waals surface area contributed by atoms with Crippen molar-refractivity contribution in [3.8, 4) is 16.9 Å². The number of sulfonamides is 1. The zero-order valence-electron chi connectivity index (χ0n) is 15.2. The smallest absolute Gasteiger partial charge is 0.243 e. The van der Waals surface area contributed by atoms with E-state index in [1.165, 1.54) is 0 Å². The normalized spacial score (nSPS) is 11.2. The van der Waals surface area contributed by atoms with E-state index in [-0.39, 0.29) is 13.2 Å². The summed E-state index contributed by atoms with van der Waals surface area (Å²) in [5, 5.41) is 10.9. The largest absolute Gasteiger partial charge is 0.545 e. The zero-order chi connectivity index (χ0) is 20.9. The van der Waals surface area contributed by atoms with E-state index in [2.05, 4.69) is 4.72 Å². The fraction of sp³-hybridized carbons (Fsp3) is 0.0952. The van der Waals surface area contributed by atoms with Gasteiger partial charge in [-0.25, -0.2) is 17.5 Å². The Morgan fingerprint density at radius 3 is 2.41 bits per heavy atom. The van der Waals surface area contributed by atoms with E-state index < -0.39 is 32.3 Å². The van der Waals surface area contributed by atoms with E-state index in [1.807, 2.05) is 42.5 Å². The van der Waals surface area contributed by atoms with Crippen LogP contribution in [0.25, 0.3) is 11.1 Å². The van der Waals surface area contributed by atoms with Gasteiger partial charge in [0.15, 0.2) is 0 Å². The highest BCUT2D eigenvalue weighted by Crippen LogP contribution is 2.29. The fourth-order valence-electron chi connectivity index (χ4n) is 2.70. The molecule has 0 fully saturated rings. The molecule has 0 bridgehead atoms. The molecule has 150 valence electrons. The van der Waals surface area contributed by atoms with Gasteiger partial charge < -0.3 is 14.6 Å². The van der Waals surface area contributed by atoms with Crippen LogP contribution in [0.1, 0.15) is 10.4 Å². The Labute approximate surface area is 167 Å². The maximum atomic E-state index is 13.9. The van der Waals surface area contributed by atoms with Crippen molar-refractivity contribution in [2.24, 2.45) is 0 Å². The lowest BCUT2D eigenvalue weighted by molar-refractivity contribution is -0.255. The molecule has 0 aliphatic rings. The Morgan fingerprint density at radius 2 is 1.69 bits per heavy atom. The van der Waals surface area contributed by atoms with Crippen molar-refractivity contribution in [2.45, 2.75) is 4.90 Å². The molecule has 0 unspecified atom stereocenters. The van der Waals surface area contributed by atoms with Crippen LogP contribution < -0.4 is 14.6 Å². The SMILES string of the molecule is O=C([O-])c1ccc(F)c(S(=O)(=O)NCCOc2ccccc2-c2ccccc2)c1. The van der Waals surface area contributed by atoms with Gasteiger partial charge in [0.25, 0.3) is 0 Å². The van der Waals surface area contributed by atoms with Crippen molar-refractivity contribution >= 4 is 16.0 Å². The third kappa shape index (κ3) is 4.98. The predicted molar refractivity (Wildman–Crippen MR) is 103 cm³/mol. The second-order valence-electron chi connectivity index (χ2n) is 6.04. The number of hydrogen-bond donors (Lipinski definition) is 1. The molecule has 8 heteroatoms. The Kier molecular flexibility index (Phi) is 6.26. The number of carboxylic acids is 1. The van der Waals surface area contributed by atoms with Gasteiger partial charge in [-0.1, -0.05) is 54.6 Å². The summed E-state index contributed by atoms with van der Waals surface area (Å²) in [7, 11) is -4.26. The molecular weight excluding hydrogens is 397 g/mol. The van der Waals surface area contributed by atoms with Crippen molar-refractivity contribution in [2.75, 3.05) is 13.2 Å². The molecule has 1 N–H and O–H groups in total. The quantitative estimate of drug-likeness (QED) is 0.570. The van der Waals surface area contributed by atoms with Gasteiger partial charge in [-0.15, -0.1) is 0 Å². The van der Waals surface area contributed by atoms with E-state index in [9.17, 15) is 22.7 Å². The summed E-state index contributed by atoms with van der Waals surface area (Å²) in [5.74, 6) is -2.08. The first-order valence-corrected chi connectivity index (χ1v) is 10.1. The molecule has 0 heterocycles. The molecule has 0 aliphatic heterocycles. The van der Waals surface area contributed by atoms with Gasteiger partial charge in [0.1, 0.15) is 23.1 Å². The first-order chi connectivity index (χ1) is 13.9. The second-order valence-corrected chi connectivity index (χ2v) is 7.78. The lowest BCUT2D eigenvalue weighted by Gasteiger charge is -2.13. The number of carbonyl (C=O) groups excluding carboxylic acids is 1. The first kappa shape index (κ1) is 20.5. The second kappa shape index (κ2) is 8.85. The van der Waals surface area contributed by atoms with Gasteiger partial charge >= 0.3 is 0 Å². The summed E-state index contributed by atoms with van der Waals surface area (Å²) in [6.45, 7) is -0.148. The molecule has 3 rings (SSSR count). The van der Waals surface area contributed by atoms with Crippen LogP contribution in [0, 0.1) is 5.82 Å². The zero-order valence-corrected chi connectivity index (χ0v) is 16.0. The van der Waals surface area contributed by atoms with Crippen LogP contribution in [0.5, 0.6) is 5.75 Å². The summed E-state index contributed by atoms with van der Waals surface area (Å²) in [6.07, 6.45) is 0. The molecule has 0 spiro atoms. The third-order valence-electron chi connectivity index (χ3n) is 4.08. The Bertz CT molecular complexity index is 1120. The number of carbonyl (C=O) groups is 1. The number of para-hydroxylation sites is 1. The third-order valence-corrected chi connectivity index (χ3v) is 5.56. The molecule has 6 nitrogen and oxygen atoms in total. The summed E-state index contributed by atoms with van der Waals surface area (Å²) < 4.78 is 46.4. The van der Waals surface area contributed by atoms with Crippen LogP contribution in [0.4, 0.5) is 4.39 Å². The maximum absolute atomic E-state index is 13.9. The summed E-state index contributed by atoms with van der Waals surface area (Å²) in [6, 6.07) is 19.3. The molecule has 3 aromatic carbocycles. The average molecular weight is 414 g/mol. The van der Waals surface area contributed by atoms with Crippen LogP contribution in [-0.2, 0) is 10.0 Å². The van der Waals surface area contributed by atoms with Crippen molar-refractivity contribution in [1.82, 2.24) is 4.72 Å². The first-order valence-electron chi connectivity index (χ1n) is 8.66. The number of ether oxygens (including phenoxy) is 1.